The monoisotopic (exact) mass is 276 g/mol. The largest absolute Gasteiger partial charge is 0.417 e. The van der Waals surface area contributed by atoms with Crippen molar-refractivity contribution in [2.45, 2.75) is 12.3 Å². The molecule has 0 saturated carbocycles. The summed E-state index contributed by atoms with van der Waals surface area (Å²) in [6, 6.07) is 4.18. The molecule has 0 spiro atoms. The minimum atomic E-state index is -4.67. The molecule has 0 bridgehead atoms. The number of amides is 2. The summed E-state index contributed by atoms with van der Waals surface area (Å²) in [5.41, 5.74) is 3.05. The summed E-state index contributed by atoms with van der Waals surface area (Å²) in [6.45, 7) is -0.555. The Hall–Kier alpha value is -2.09. The molecule has 2 amide bonds. The van der Waals surface area contributed by atoms with Crippen LogP contribution in [0.2, 0.25) is 0 Å². The highest BCUT2D eigenvalue weighted by Gasteiger charge is 2.34. The highest BCUT2D eigenvalue weighted by molar-refractivity contribution is 5.96. The number of primary amides is 1. The van der Waals surface area contributed by atoms with Crippen LogP contribution in [0, 0.1) is 0 Å². The van der Waals surface area contributed by atoms with Crippen molar-refractivity contribution in [1.29, 1.82) is 0 Å². The fourth-order valence-electron chi connectivity index (χ4n) is 1.31. The van der Waals surface area contributed by atoms with Crippen LogP contribution in [-0.2, 0) is 11.0 Å². The molecule has 0 aliphatic carbocycles. The summed E-state index contributed by atoms with van der Waals surface area (Å²) in [5, 5.41) is 11.0. The van der Waals surface area contributed by atoms with Gasteiger partial charge < -0.3 is 16.2 Å². The quantitative estimate of drug-likeness (QED) is 0.737. The maximum atomic E-state index is 12.6. The van der Waals surface area contributed by atoms with Crippen LogP contribution >= 0.6 is 0 Å². The van der Waals surface area contributed by atoms with Crippen molar-refractivity contribution in [3.8, 4) is 0 Å². The Morgan fingerprint density at radius 1 is 1.32 bits per heavy atom. The van der Waals surface area contributed by atoms with Crippen LogP contribution in [0.25, 0.3) is 0 Å². The summed E-state index contributed by atoms with van der Waals surface area (Å²) in [7, 11) is 0. The highest BCUT2D eigenvalue weighted by Crippen LogP contribution is 2.31. The van der Waals surface area contributed by atoms with Crippen LogP contribution in [-0.4, -0.2) is 29.6 Å². The summed E-state index contributed by atoms with van der Waals surface area (Å²) in [5.74, 6) is -2.13. The zero-order chi connectivity index (χ0) is 14.6. The van der Waals surface area contributed by atoms with Gasteiger partial charge in [0.15, 0.2) is 0 Å². The van der Waals surface area contributed by atoms with Gasteiger partial charge in [0.1, 0.15) is 6.10 Å². The number of halogens is 3. The van der Waals surface area contributed by atoms with Crippen molar-refractivity contribution in [2.24, 2.45) is 5.73 Å². The number of nitrogens with one attached hydrogen (secondary N) is 1. The van der Waals surface area contributed by atoms with Crippen molar-refractivity contribution in [1.82, 2.24) is 5.32 Å². The number of hydrogen-bond donors (Lipinski definition) is 3. The van der Waals surface area contributed by atoms with Gasteiger partial charge in [-0.3, -0.25) is 9.59 Å². The van der Waals surface area contributed by atoms with Gasteiger partial charge >= 0.3 is 6.18 Å². The van der Waals surface area contributed by atoms with E-state index in [1.807, 2.05) is 5.32 Å². The second kappa shape index (κ2) is 5.70. The number of rotatable bonds is 4. The molecular weight excluding hydrogens is 265 g/mol. The molecule has 1 aromatic carbocycles. The second-order valence-corrected chi connectivity index (χ2v) is 3.67. The molecular formula is C11H11F3N2O3. The zero-order valence-electron chi connectivity index (χ0n) is 9.57. The van der Waals surface area contributed by atoms with Gasteiger partial charge in [-0.05, 0) is 12.1 Å². The molecule has 0 aliphatic heterocycles. The third kappa shape index (κ3) is 3.95. The average Bonchev–Trinajstić information content (AvgIpc) is 2.34. The van der Waals surface area contributed by atoms with Gasteiger partial charge in [-0.25, -0.2) is 0 Å². The number of nitrogens with two attached hydrogens (primary N) is 1. The lowest BCUT2D eigenvalue weighted by Gasteiger charge is -2.13. The van der Waals surface area contributed by atoms with Gasteiger partial charge in [0.25, 0.3) is 5.91 Å². The van der Waals surface area contributed by atoms with Gasteiger partial charge in [0, 0.05) is 0 Å². The maximum absolute atomic E-state index is 12.6. The molecule has 0 saturated heterocycles. The van der Waals surface area contributed by atoms with Crippen LogP contribution in [0.3, 0.4) is 0 Å². The molecule has 19 heavy (non-hydrogen) atoms. The third-order valence-corrected chi connectivity index (χ3v) is 2.26. The first-order valence-electron chi connectivity index (χ1n) is 5.15. The van der Waals surface area contributed by atoms with Crippen molar-refractivity contribution in [3.63, 3.8) is 0 Å². The minimum absolute atomic E-state index is 0.555. The lowest BCUT2D eigenvalue weighted by molar-refractivity contribution is -0.138. The van der Waals surface area contributed by atoms with Crippen LogP contribution in [0.1, 0.15) is 15.9 Å². The van der Waals surface area contributed by atoms with Crippen molar-refractivity contribution in [2.75, 3.05) is 6.54 Å². The predicted molar refractivity (Wildman–Crippen MR) is 59.0 cm³/mol. The van der Waals surface area contributed by atoms with E-state index >= 15 is 0 Å². The topological polar surface area (TPSA) is 92.4 Å². The van der Waals surface area contributed by atoms with Crippen LogP contribution in [0.4, 0.5) is 13.2 Å². The van der Waals surface area contributed by atoms with E-state index in [-0.39, 0.29) is 0 Å². The van der Waals surface area contributed by atoms with Crippen molar-refractivity contribution in [3.05, 3.63) is 35.4 Å². The average molecular weight is 276 g/mol. The van der Waals surface area contributed by atoms with E-state index in [1.165, 1.54) is 6.07 Å². The third-order valence-electron chi connectivity index (χ3n) is 2.26. The van der Waals surface area contributed by atoms with Crippen LogP contribution in [0.15, 0.2) is 24.3 Å². The molecule has 1 rings (SSSR count). The van der Waals surface area contributed by atoms with Gasteiger partial charge in [-0.2, -0.15) is 13.2 Å². The molecule has 0 fully saturated rings. The van der Waals surface area contributed by atoms with E-state index in [2.05, 4.69) is 0 Å². The number of alkyl halides is 3. The molecule has 104 valence electrons. The van der Waals surface area contributed by atoms with Crippen molar-refractivity contribution < 1.29 is 27.9 Å². The van der Waals surface area contributed by atoms with E-state index in [0.29, 0.717) is 0 Å². The number of carbonyl (C=O) groups is 2. The number of hydrogen-bond acceptors (Lipinski definition) is 3. The van der Waals surface area contributed by atoms with Crippen molar-refractivity contribution >= 4 is 11.8 Å². The lowest BCUT2D eigenvalue weighted by atomic mass is 10.1. The van der Waals surface area contributed by atoms with E-state index in [4.69, 9.17) is 10.8 Å². The second-order valence-electron chi connectivity index (χ2n) is 3.67. The summed E-state index contributed by atoms with van der Waals surface area (Å²) < 4.78 is 37.9. The molecule has 0 radical (unpaired) electrons. The van der Waals surface area contributed by atoms with Crippen LogP contribution in [0.5, 0.6) is 0 Å². The summed E-state index contributed by atoms with van der Waals surface area (Å²) in [6.07, 6.45) is -6.32. The number of aliphatic hydroxyl groups excluding tert-OH is 1. The lowest BCUT2D eigenvalue weighted by Crippen LogP contribution is -2.40. The predicted octanol–water partition coefficient (Wildman–Crippen LogP) is 0.281. The summed E-state index contributed by atoms with van der Waals surface area (Å²) in [4.78, 5) is 22.1. The van der Waals surface area contributed by atoms with Gasteiger partial charge in [0.05, 0.1) is 17.7 Å². The number of benzene rings is 1. The standard InChI is InChI=1S/C11H11F3N2O3/c12-11(13,14)7-4-2-1-3-6(7)10(19)16-5-8(17)9(15)18/h1-4,8,17H,5H2,(H2,15,18)(H,16,19). The van der Waals surface area contributed by atoms with Gasteiger partial charge in [-0.15, -0.1) is 0 Å². The molecule has 0 aromatic heterocycles. The van der Waals surface area contributed by atoms with E-state index in [9.17, 15) is 22.8 Å². The van der Waals surface area contributed by atoms with E-state index < -0.39 is 41.8 Å². The number of carbonyl (C=O) groups excluding carboxylic acids is 2. The zero-order valence-corrected chi connectivity index (χ0v) is 9.57. The normalized spacial score (nSPS) is 12.8. The Labute approximate surface area is 106 Å². The van der Waals surface area contributed by atoms with E-state index in [1.54, 1.807) is 0 Å². The Morgan fingerprint density at radius 3 is 2.42 bits per heavy atom. The molecule has 4 N–H and O–H groups in total. The fourth-order valence-corrected chi connectivity index (χ4v) is 1.31. The molecule has 0 aliphatic rings. The molecule has 1 atom stereocenters. The maximum Gasteiger partial charge on any atom is 0.417 e. The minimum Gasteiger partial charge on any atom is -0.381 e. The Balaban J connectivity index is 2.86. The first kappa shape index (κ1) is 15.0. The SMILES string of the molecule is NC(=O)C(O)CNC(=O)c1ccccc1C(F)(F)F. The Bertz CT molecular complexity index is 488. The number of aliphatic hydroxyl groups is 1. The molecule has 5 nitrogen and oxygen atoms in total. The smallest absolute Gasteiger partial charge is 0.381 e. The Morgan fingerprint density at radius 2 is 1.89 bits per heavy atom. The highest BCUT2D eigenvalue weighted by atomic mass is 19.4. The van der Waals surface area contributed by atoms with Gasteiger partial charge in [0.2, 0.25) is 5.91 Å². The first-order chi connectivity index (χ1) is 8.73. The molecule has 8 heteroatoms. The van der Waals surface area contributed by atoms with Gasteiger partial charge in [-0.1, -0.05) is 12.1 Å². The Kier molecular flexibility index (Phi) is 4.49. The molecule has 1 unspecified atom stereocenters. The van der Waals surface area contributed by atoms with Crippen LogP contribution < -0.4 is 11.1 Å². The summed E-state index contributed by atoms with van der Waals surface area (Å²) >= 11 is 0. The molecule has 1 aromatic rings. The first-order valence-corrected chi connectivity index (χ1v) is 5.15. The van der Waals surface area contributed by atoms with E-state index in [0.717, 1.165) is 18.2 Å². The molecule has 0 heterocycles. The fraction of sp³-hybridized carbons (Fsp3) is 0.273.